The average molecular weight is 289 g/mol. The first kappa shape index (κ1) is 14.6. The minimum Gasteiger partial charge on any atom is -0.339 e. The molecule has 2 aliphatic rings. The number of piperidine rings is 1. The Morgan fingerprint density at radius 1 is 1.10 bits per heavy atom. The monoisotopic (exact) mass is 289 g/mol. The van der Waals surface area contributed by atoms with Gasteiger partial charge in [-0.1, -0.05) is 30.9 Å². The summed E-state index contributed by atoms with van der Waals surface area (Å²) in [5, 5.41) is 0. The SMILES string of the molecule is Cc1ccc(F)c(C(=O)N2CCC3(CCCCC3)CC2)c1. The minimum atomic E-state index is -0.399. The molecule has 1 heterocycles. The molecule has 0 unspecified atom stereocenters. The zero-order valence-electron chi connectivity index (χ0n) is 12.8. The van der Waals surface area contributed by atoms with Crippen molar-refractivity contribution in [1.29, 1.82) is 0 Å². The van der Waals surface area contributed by atoms with Crippen LogP contribution in [0.5, 0.6) is 0 Å². The molecule has 0 aromatic heterocycles. The molecule has 2 fully saturated rings. The Labute approximate surface area is 126 Å². The van der Waals surface area contributed by atoms with Crippen molar-refractivity contribution >= 4 is 5.91 Å². The topological polar surface area (TPSA) is 20.3 Å². The molecule has 1 aromatic carbocycles. The Kier molecular flexibility index (Phi) is 4.01. The number of benzene rings is 1. The van der Waals surface area contributed by atoms with E-state index < -0.39 is 5.82 Å². The molecular weight excluding hydrogens is 265 g/mol. The van der Waals surface area contributed by atoms with Crippen molar-refractivity contribution in [2.45, 2.75) is 51.9 Å². The zero-order chi connectivity index (χ0) is 14.9. The lowest BCUT2D eigenvalue weighted by molar-refractivity contribution is 0.0468. The van der Waals surface area contributed by atoms with Gasteiger partial charge in [-0.05, 0) is 50.2 Å². The summed E-state index contributed by atoms with van der Waals surface area (Å²) in [6.07, 6.45) is 8.83. The van der Waals surface area contributed by atoms with Crippen LogP contribution < -0.4 is 0 Å². The fourth-order valence-electron chi connectivity index (χ4n) is 3.96. The van der Waals surface area contributed by atoms with Gasteiger partial charge in [-0.2, -0.15) is 0 Å². The van der Waals surface area contributed by atoms with E-state index in [-0.39, 0.29) is 11.5 Å². The molecule has 114 valence electrons. The Bertz CT molecular complexity index is 524. The fourth-order valence-corrected chi connectivity index (χ4v) is 3.96. The number of rotatable bonds is 1. The van der Waals surface area contributed by atoms with Crippen LogP contribution in [0.25, 0.3) is 0 Å². The first-order valence-electron chi connectivity index (χ1n) is 8.15. The Hall–Kier alpha value is -1.38. The van der Waals surface area contributed by atoms with Gasteiger partial charge in [-0.3, -0.25) is 4.79 Å². The number of carbonyl (C=O) groups excluding carboxylic acids is 1. The molecule has 1 saturated carbocycles. The number of carbonyl (C=O) groups is 1. The number of aryl methyl sites for hydroxylation is 1. The van der Waals surface area contributed by atoms with Crippen molar-refractivity contribution in [2.75, 3.05) is 13.1 Å². The van der Waals surface area contributed by atoms with Gasteiger partial charge in [0.05, 0.1) is 5.56 Å². The quantitative estimate of drug-likeness (QED) is 0.754. The smallest absolute Gasteiger partial charge is 0.256 e. The summed E-state index contributed by atoms with van der Waals surface area (Å²) in [7, 11) is 0. The second-order valence-electron chi connectivity index (χ2n) is 6.84. The Morgan fingerprint density at radius 3 is 2.43 bits per heavy atom. The highest BCUT2D eigenvalue weighted by Gasteiger charge is 2.37. The molecule has 21 heavy (non-hydrogen) atoms. The molecule has 0 radical (unpaired) electrons. The summed E-state index contributed by atoms with van der Waals surface area (Å²) in [4.78, 5) is 14.4. The van der Waals surface area contributed by atoms with Crippen molar-refractivity contribution in [1.82, 2.24) is 4.90 Å². The van der Waals surface area contributed by atoms with Gasteiger partial charge < -0.3 is 4.90 Å². The summed E-state index contributed by atoms with van der Waals surface area (Å²) in [6.45, 7) is 3.46. The molecule has 1 aliphatic carbocycles. The molecule has 1 spiro atoms. The largest absolute Gasteiger partial charge is 0.339 e. The van der Waals surface area contributed by atoms with Gasteiger partial charge in [0.15, 0.2) is 0 Å². The highest BCUT2D eigenvalue weighted by Crippen LogP contribution is 2.44. The van der Waals surface area contributed by atoms with E-state index in [1.54, 1.807) is 12.1 Å². The first-order chi connectivity index (χ1) is 10.1. The van der Waals surface area contributed by atoms with Crippen molar-refractivity contribution in [2.24, 2.45) is 5.41 Å². The van der Waals surface area contributed by atoms with Crippen LogP contribution in [0, 0.1) is 18.2 Å². The molecule has 1 amide bonds. The van der Waals surface area contributed by atoms with Crippen LogP contribution in [-0.4, -0.2) is 23.9 Å². The number of hydrogen-bond acceptors (Lipinski definition) is 1. The fraction of sp³-hybridized carbons (Fsp3) is 0.611. The third-order valence-electron chi connectivity index (χ3n) is 5.38. The standard InChI is InChI=1S/C18H24FNO/c1-14-5-6-16(19)15(13-14)17(21)20-11-9-18(10-12-20)7-3-2-4-8-18/h5-6,13H,2-4,7-12H2,1H3. The van der Waals surface area contributed by atoms with Gasteiger partial charge in [-0.25, -0.2) is 4.39 Å². The summed E-state index contributed by atoms with van der Waals surface area (Å²) in [6, 6.07) is 4.77. The minimum absolute atomic E-state index is 0.137. The van der Waals surface area contributed by atoms with E-state index in [0.29, 0.717) is 5.41 Å². The summed E-state index contributed by atoms with van der Waals surface area (Å²) < 4.78 is 13.9. The van der Waals surface area contributed by atoms with Gasteiger partial charge in [0.1, 0.15) is 5.82 Å². The average Bonchev–Trinajstić information content (AvgIpc) is 2.51. The molecule has 2 nitrogen and oxygen atoms in total. The second kappa shape index (κ2) is 5.78. The van der Waals surface area contributed by atoms with Gasteiger partial charge in [0, 0.05) is 13.1 Å². The number of hydrogen-bond donors (Lipinski definition) is 0. The number of amides is 1. The summed E-state index contributed by atoms with van der Waals surface area (Å²) in [5.74, 6) is -0.537. The lowest BCUT2D eigenvalue weighted by atomic mass is 9.68. The van der Waals surface area contributed by atoms with Crippen LogP contribution in [0.3, 0.4) is 0 Å². The van der Waals surface area contributed by atoms with Gasteiger partial charge in [0.25, 0.3) is 5.91 Å². The molecule has 3 rings (SSSR count). The molecule has 0 bridgehead atoms. The predicted molar refractivity (Wildman–Crippen MR) is 81.8 cm³/mol. The van der Waals surface area contributed by atoms with E-state index in [1.807, 2.05) is 11.8 Å². The normalized spacial score (nSPS) is 21.5. The van der Waals surface area contributed by atoms with Crippen molar-refractivity contribution in [3.8, 4) is 0 Å². The number of likely N-dealkylation sites (tertiary alicyclic amines) is 1. The first-order valence-corrected chi connectivity index (χ1v) is 8.15. The third-order valence-corrected chi connectivity index (χ3v) is 5.38. The van der Waals surface area contributed by atoms with E-state index in [0.717, 1.165) is 31.5 Å². The zero-order valence-corrected chi connectivity index (χ0v) is 12.8. The van der Waals surface area contributed by atoms with Crippen molar-refractivity contribution in [3.05, 3.63) is 35.1 Å². The van der Waals surface area contributed by atoms with Crippen LogP contribution in [0.15, 0.2) is 18.2 Å². The maximum absolute atomic E-state index is 13.9. The molecule has 0 atom stereocenters. The second-order valence-corrected chi connectivity index (χ2v) is 6.84. The van der Waals surface area contributed by atoms with Gasteiger partial charge in [0.2, 0.25) is 0 Å². The van der Waals surface area contributed by atoms with E-state index in [1.165, 1.54) is 38.2 Å². The van der Waals surface area contributed by atoms with Crippen LogP contribution in [0.2, 0.25) is 0 Å². The van der Waals surface area contributed by atoms with Crippen LogP contribution >= 0.6 is 0 Å². The maximum Gasteiger partial charge on any atom is 0.256 e. The van der Waals surface area contributed by atoms with E-state index in [4.69, 9.17) is 0 Å². The Morgan fingerprint density at radius 2 is 1.76 bits per heavy atom. The van der Waals surface area contributed by atoms with E-state index >= 15 is 0 Å². The van der Waals surface area contributed by atoms with Crippen molar-refractivity contribution in [3.63, 3.8) is 0 Å². The maximum atomic E-state index is 13.9. The third kappa shape index (κ3) is 2.97. The Balaban J connectivity index is 1.69. The van der Waals surface area contributed by atoms with Crippen molar-refractivity contribution < 1.29 is 9.18 Å². The number of halogens is 1. The highest BCUT2D eigenvalue weighted by molar-refractivity contribution is 5.94. The molecule has 0 N–H and O–H groups in total. The molecule has 1 aromatic rings. The van der Waals surface area contributed by atoms with Gasteiger partial charge in [-0.15, -0.1) is 0 Å². The molecule has 3 heteroatoms. The predicted octanol–water partition coefficient (Wildman–Crippen LogP) is 4.32. The summed E-state index contributed by atoms with van der Waals surface area (Å²) in [5.41, 5.74) is 1.63. The van der Waals surface area contributed by atoms with Crippen LogP contribution in [-0.2, 0) is 0 Å². The number of nitrogens with zero attached hydrogens (tertiary/aromatic N) is 1. The molecule has 1 saturated heterocycles. The lowest BCUT2D eigenvalue weighted by Crippen LogP contribution is -2.44. The summed E-state index contributed by atoms with van der Waals surface area (Å²) >= 11 is 0. The molecular formula is C18H24FNO. The van der Waals surface area contributed by atoms with Gasteiger partial charge >= 0.3 is 0 Å². The van der Waals surface area contributed by atoms with E-state index in [2.05, 4.69) is 0 Å². The molecule has 1 aliphatic heterocycles. The highest BCUT2D eigenvalue weighted by atomic mass is 19.1. The lowest BCUT2D eigenvalue weighted by Gasteiger charge is -2.44. The van der Waals surface area contributed by atoms with E-state index in [9.17, 15) is 9.18 Å². The van der Waals surface area contributed by atoms with Crippen LogP contribution in [0.4, 0.5) is 4.39 Å². The van der Waals surface area contributed by atoms with Crippen LogP contribution in [0.1, 0.15) is 60.9 Å².